The molecule has 1 unspecified atom stereocenters. The van der Waals surface area contributed by atoms with Crippen molar-refractivity contribution in [1.29, 1.82) is 0 Å². The number of piperidine rings is 1. The summed E-state index contributed by atoms with van der Waals surface area (Å²) in [4.78, 5) is 40.7. The number of nitrogens with one attached hydrogen (secondary N) is 2. The van der Waals surface area contributed by atoms with Crippen LogP contribution >= 0.6 is 24.8 Å². The fraction of sp³-hybridized carbons (Fsp3) is 0.529. The summed E-state index contributed by atoms with van der Waals surface area (Å²) in [5, 5.41) is 6.50. The van der Waals surface area contributed by atoms with Crippen LogP contribution in [0, 0.1) is 5.92 Å². The predicted molar refractivity (Wildman–Crippen MR) is 109 cm³/mol. The zero-order valence-corrected chi connectivity index (χ0v) is 17.0. The van der Waals surface area contributed by atoms with Crippen LogP contribution in [-0.2, 0) is 14.1 Å². The molecule has 3 rings (SSSR count). The van der Waals surface area contributed by atoms with Gasteiger partial charge in [-0.05, 0) is 44.3 Å². The summed E-state index contributed by atoms with van der Waals surface area (Å²) in [5.74, 6) is 0.333. The number of carbonyl (C=O) groups excluding carboxylic acids is 1. The minimum absolute atomic E-state index is 0. The van der Waals surface area contributed by atoms with Gasteiger partial charge in [0.2, 0.25) is 0 Å². The van der Waals surface area contributed by atoms with E-state index in [0.29, 0.717) is 18.0 Å². The molecule has 1 fully saturated rings. The Morgan fingerprint density at radius 1 is 1.30 bits per heavy atom. The average Bonchev–Trinajstić information content (AvgIpc) is 2.65. The lowest BCUT2D eigenvalue weighted by Crippen LogP contribution is -2.37. The van der Waals surface area contributed by atoms with Crippen LogP contribution in [0.15, 0.2) is 21.9 Å². The van der Waals surface area contributed by atoms with Crippen molar-refractivity contribution in [2.24, 2.45) is 20.0 Å². The number of aromatic nitrogens is 3. The molecule has 2 aromatic rings. The molecule has 1 aliphatic rings. The van der Waals surface area contributed by atoms with E-state index < -0.39 is 11.2 Å². The summed E-state index contributed by atoms with van der Waals surface area (Å²) in [6.45, 7) is 2.66. The van der Waals surface area contributed by atoms with Gasteiger partial charge < -0.3 is 10.6 Å². The standard InChI is InChI=1S/C17H23N5O3.2ClH/c1-21-14-13(16(24)22(2)17(21)25)8-12(10-20-14)15(23)19-7-5-11-4-3-6-18-9-11;;/h8,10-11,18H,3-7,9H2,1-2H3,(H,19,23);2*1H. The van der Waals surface area contributed by atoms with E-state index in [1.54, 1.807) is 7.05 Å². The average molecular weight is 418 g/mol. The van der Waals surface area contributed by atoms with Crippen LogP contribution in [-0.4, -0.2) is 39.7 Å². The van der Waals surface area contributed by atoms with E-state index in [-0.39, 0.29) is 41.8 Å². The van der Waals surface area contributed by atoms with E-state index in [2.05, 4.69) is 15.6 Å². The number of hydrogen-bond acceptors (Lipinski definition) is 5. The highest BCUT2D eigenvalue weighted by Gasteiger charge is 2.15. The minimum Gasteiger partial charge on any atom is -0.352 e. The molecule has 3 heterocycles. The van der Waals surface area contributed by atoms with Crippen molar-refractivity contribution >= 4 is 41.8 Å². The van der Waals surface area contributed by atoms with Gasteiger partial charge in [0.25, 0.3) is 11.5 Å². The number of amides is 1. The molecule has 0 saturated carbocycles. The quantitative estimate of drug-likeness (QED) is 0.758. The smallest absolute Gasteiger partial charge is 0.332 e. The third-order valence-electron chi connectivity index (χ3n) is 4.79. The van der Waals surface area contributed by atoms with Gasteiger partial charge in [-0.1, -0.05) is 0 Å². The van der Waals surface area contributed by atoms with Gasteiger partial charge in [0.05, 0.1) is 10.9 Å². The molecule has 0 aliphatic carbocycles. The summed E-state index contributed by atoms with van der Waals surface area (Å²) >= 11 is 0. The molecular formula is C17H25Cl2N5O3. The van der Waals surface area contributed by atoms with E-state index in [9.17, 15) is 14.4 Å². The van der Waals surface area contributed by atoms with Crippen molar-refractivity contribution in [3.63, 3.8) is 0 Å². The lowest BCUT2D eigenvalue weighted by atomic mass is 9.96. The van der Waals surface area contributed by atoms with Crippen molar-refractivity contribution in [3.8, 4) is 0 Å². The highest BCUT2D eigenvalue weighted by atomic mass is 35.5. The Balaban J connectivity index is 0.00000182. The van der Waals surface area contributed by atoms with Crippen molar-refractivity contribution in [1.82, 2.24) is 24.8 Å². The number of pyridine rings is 1. The monoisotopic (exact) mass is 417 g/mol. The number of aryl methyl sites for hydroxylation is 1. The zero-order chi connectivity index (χ0) is 18.0. The Morgan fingerprint density at radius 2 is 2.04 bits per heavy atom. The van der Waals surface area contributed by atoms with Crippen LogP contribution in [0.3, 0.4) is 0 Å². The maximum atomic E-state index is 12.3. The number of hydrogen-bond donors (Lipinski definition) is 2. The number of fused-ring (bicyclic) bond motifs is 1. The zero-order valence-electron chi connectivity index (χ0n) is 15.4. The first kappa shape index (κ1) is 23.1. The van der Waals surface area contributed by atoms with Gasteiger partial charge in [-0.3, -0.25) is 18.7 Å². The molecule has 150 valence electrons. The van der Waals surface area contributed by atoms with E-state index in [1.807, 2.05) is 0 Å². The molecule has 27 heavy (non-hydrogen) atoms. The first-order valence-electron chi connectivity index (χ1n) is 8.53. The maximum absolute atomic E-state index is 12.3. The maximum Gasteiger partial charge on any atom is 0.332 e. The summed E-state index contributed by atoms with van der Waals surface area (Å²) in [7, 11) is 2.96. The molecule has 10 heteroatoms. The molecule has 0 radical (unpaired) electrons. The Kier molecular flexibility index (Phi) is 8.46. The molecule has 0 spiro atoms. The Labute approximate surface area is 169 Å². The van der Waals surface area contributed by atoms with Gasteiger partial charge in [-0.2, -0.15) is 0 Å². The molecule has 2 N–H and O–H groups in total. The molecule has 1 saturated heterocycles. The molecule has 1 aliphatic heterocycles. The molecule has 1 atom stereocenters. The summed E-state index contributed by atoms with van der Waals surface area (Å²) < 4.78 is 2.32. The SMILES string of the molecule is Cl.Cl.Cn1c(=O)c2cc(C(=O)NCCC3CCCNC3)cnc2n(C)c1=O. The van der Waals surface area contributed by atoms with Crippen molar-refractivity contribution in [2.45, 2.75) is 19.3 Å². The normalized spacial score (nSPS) is 16.3. The Hall–Kier alpha value is -1.90. The molecule has 2 aromatic heterocycles. The molecule has 1 amide bonds. The van der Waals surface area contributed by atoms with Gasteiger partial charge in [-0.25, -0.2) is 9.78 Å². The van der Waals surface area contributed by atoms with Crippen molar-refractivity contribution in [2.75, 3.05) is 19.6 Å². The van der Waals surface area contributed by atoms with Crippen LogP contribution in [0.1, 0.15) is 29.6 Å². The number of nitrogens with zero attached hydrogens (tertiary/aromatic N) is 3. The van der Waals surface area contributed by atoms with Gasteiger partial charge >= 0.3 is 5.69 Å². The second-order valence-corrected chi connectivity index (χ2v) is 6.56. The molecule has 0 aromatic carbocycles. The van der Waals surface area contributed by atoms with Gasteiger partial charge in [0, 0.05) is 26.8 Å². The molecule has 0 bridgehead atoms. The highest BCUT2D eigenvalue weighted by molar-refractivity contribution is 5.96. The number of carbonyl (C=O) groups is 1. The van der Waals surface area contributed by atoms with E-state index >= 15 is 0 Å². The third kappa shape index (κ3) is 4.88. The van der Waals surface area contributed by atoms with Gasteiger partial charge in [0.1, 0.15) is 5.65 Å². The highest BCUT2D eigenvalue weighted by Crippen LogP contribution is 2.13. The van der Waals surface area contributed by atoms with E-state index in [0.717, 1.165) is 24.1 Å². The van der Waals surface area contributed by atoms with Crippen molar-refractivity contribution in [3.05, 3.63) is 38.7 Å². The minimum atomic E-state index is -0.450. The second-order valence-electron chi connectivity index (χ2n) is 6.56. The molecular weight excluding hydrogens is 393 g/mol. The fourth-order valence-electron chi connectivity index (χ4n) is 3.25. The van der Waals surface area contributed by atoms with E-state index in [4.69, 9.17) is 0 Å². The summed E-state index contributed by atoms with van der Waals surface area (Å²) in [6, 6.07) is 1.50. The van der Waals surface area contributed by atoms with Crippen LogP contribution in [0.4, 0.5) is 0 Å². The number of rotatable bonds is 4. The molecule has 8 nitrogen and oxygen atoms in total. The first-order chi connectivity index (χ1) is 12.0. The predicted octanol–water partition coefficient (Wildman–Crippen LogP) is 0.595. The largest absolute Gasteiger partial charge is 0.352 e. The van der Waals surface area contributed by atoms with Crippen LogP contribution < -0.4 is 21.9 Å². The lowest BCUT2D eigenvalue weighted by Gasteiger charge is -2.22. The first-order valence-corrected chi connectivity index (χ1v) is 8.53. The lowest BCUT2D eigenvalue weighted by molar-refractivity contribution is 0.0950. The topological polar surface area (TPSA) is 98.0 Å². The van der Waals surface area contributed by atoms with Crippen LogP contribution in [0.2, 0.25) is 0 Å². The van der Waals surface area contributed by atoms with E-state index in [1.165, 1.54) is 36.7 Å². The van der Waals surface area contributed by atoms with Crippen LogP contribution in [0.5, 0.6) is 0 Å². The number of halogens is 2. The third-order valence-corrected chi connectivity index (χ3v) is 4.79. The Morgan fingerprint density at radius 3 is 2.70 bits per heavy atom. The summed E-state index contributed by atoms with van der Waals surface area (Å²) in [5.41, 5.74) is -0.292. The Bertz CT molecular complexity index is 919. The van der Waals surface area contributed by atoms with Gasteiger partial charge in [0.15, 0.2) is 0 Å². The summed E-state index contributed by atoms with van der Waals surface area (Å²) in [6.07, 6.45) is 4.69. The van der Waals surface area contributed by atoms with Crippen LogP contribution in [0.25, 0.3) is 11.0 Å². The second kappa shape index (κ2) is 9.87. The van der Waals surface area contributed by atoms with Gasteiger partial charge in [-0.15, -0.1) is 24.8 Å². The fourth-order valence-corrected chi connectivity index (χ4v) is 3.25. The van der Waals surface area contributed by atoms with Crippen molar-refractivity contribution < 1.29 is 4.79 Å².